The van der Waals surface area contributed by atoms with E-state index in [1.54, 1.807) is 13.0 Å². The molecule has 1 aliphatic heterocycles. The van der Waals surface area contributed by atoms with Gasteiger partial charge >= 0.3 is 12.0 Å². The van der Waals surface area contributed by atoms with E-state index in [0.717, 1.165) is 11.1 Å². The zero-order chi connectivity index (χ0) is 21.7. The highest BCUT2D eigenvalue weighted by atomic mass is 35.5. The Morgan fingerprint density at radius 3 is 2.67 bits per heavy atom. The summed E-state index contributed by atoms with van der Waals surface area (Å²) in [7, 11) is 0. The van der Waals surface area contributed by atoms with E-state index in [4.69, 9.17) is 21.1 Å². The Labute approximate surface area is 181 Å². The van der Waals surface area contributed by atoms with Crippen molar-refractivity contribution in [2.24, 2.45) is 5.92 Å². The molecule has 1 heterocycles. The number of halogens is 1. The molecule has 3 rings (SSSR count). The van der Waals surface area contributed by atoms with Crippen molar-refractivity contribution in [1.82, 2.24) is 10.6 Å². The third kappa shape index (κ3) is 5.33. The lowest BCUT2D eigenvalue weighted by Gasteiger charge is -2.28. The number of amides is 2. The Bertz CT molecular complexity index is 971. The molecule has 2 aromatic carbocycles. The zero-order valence-corrected chi connectivity index (χ0v) is 18.0. The lowest BCUT2D eigenvalue weighted by atomic mass is 9.95. The largest absolute Gasteiger partial charge is 0.489 e. The molecule has 0 saturated heterocycles. The maximum Gasteiger partial charge on any atom is 0.338 e. The SMILES string of the molecule is CC1=C(C(=O)OCC(C)C)C(c2cccc(OCc3ccccc3Cl)c2)NC(=O)N1. The Balaban J connectivity index is 1.82. The van der Waals surface area contributed by atoms with Gasteiger partial charge in [-0.05, 0) is 36.6 Å². The number of urea groups is 1. The molecule has 6 nitrogen and oxygen atoms in total. The summed E-state index contributed by atoms with van der Waals surface area (Å²) in [5.41, 5.74) is 2.43. The van der Waals surface area contributed by atoms with E-state index in [1.807, 2.05) is 56.3 Å². The van der Waals surface area contributed by atoms with Crippen molar-refractivity contribution in [3.8, 4) is 5.75 Å². The van der Waals surface area contributed by atoms with E-state index in [1.165, 1.54) is 0 Å². The Hall–Kier alpha value is -2.99. The molecule has 0 aliphatic carbocycles. The first-order chi connectivity index (χ1) is 14.3. The third-order valence-corrected chi connectivity index (χ3v) is 4.95. The van der Waals surface area contributed by atoms with Gasteiger partial charge in [0.15, 0.2) is 0 Å². The molecule has 7 heteroatoms. The monoisotopic (exact) mass is 428 g/mol. The number of carbonyl (C=O) groups is 2. The number of carbonyl (C=O) groups excluding carboxylic acids is 2. The van der Waals surface area contributed by atoms with Crippen LogP contribution in [-0.4, -0.2) is 18.6 Å². The molecule has 1 unspecified atom stereocenters. The summed E-state index contributed by atoms with van der Waals surface area (Å²) < 4.78 is 11.3. The first-order valence-corrected chi connectivity index (χ1v) is 10.1. The maximum atomic E-state index is 12.7. The van der Waals surface area contributed by atoms with Crippen molar-refractivity contribution < 1.29 is 19.1 Å². The topological polar surface area (TPSA) is 76.7 Å². The Morgan fingerprint density at radius 2 is 1.93 bits per heavy atom. The molecule has 0 radical (unpaired) electrons. The molecule has 1 aliphatic rings. The minimum absolute atomic E-state index is 0.209. The van der Waals surface area contributed by atoms with Gasteiger partial charge in [-0.3, -0.25) is 0 Å². The third-order valence-electron chi connectivity index (χ3n) is 4.58. The molecule has 1 atom stereocenters. The van der Waals surface area contributed by atoms with Gasteiger partial charge < -0.3 is 20.1 Å². The van der Waals surface area contributed by atoms with Crippen LogP contribution < -0.4 is 15.4 Å². The fourth-order valence-electron chi connectivity index (χ4n) is 3.09. The number of nitrogens with one attached hydrogen (secondary N) is 2. The number of hydrogen-bond donors (Lipinski definition) is 2. The van der Waals surface area contributed by atoms with E-state index in [9.17, 15) is 9.59 Å². The van der Waals surface area contributed by atoms with Gasteiger partial charge in [0, 0.05) is 16.3 Å². The number of esters is 1. The van der Waals surface area contributed by atoms with Crippen LogP contribution in [0.3, 0.4) is 0 Å². The first-order valence-electron chi connectivity index (χ1n) is 9.76. The van der Waals surface area contributed by atoms with E-state index in [-0.39, 0.29) is 11.9 Å². The fraction of sp³-hybridized carbons (Fsp3) is 0.304. The van der Waals surface area contributed by atoms with Crippen LogP contribution in [0.5, 0.6) is 5.75 Å². The van der Waals surface area contributed by atoms with Crippen LogP contribution in [0, 0.1) is 5.92 Å². The molecule has 2 amide bonds. The molecule has 2 aromatic rings. The van der Waals surface area contributed by atoms with Crippen molar-refractivity contribution in [1.29, 1.82) is 0 Å². The van der Waals surface area contributed by atoms with E-state index in [0.29, 0.717) is 35.3 Å². The van der Waals surface area contributed by atoms with Crippen molar-refractivity contribution in [3.63, 3.8) is 0 Å². The first kappa shape index (κ1) is 21.7. The van der Waals surface area contributed by atoms with Crippen molar-refractivity contribution in [2.45, 2.75) is 33.4 Å². The summed E-state index contributed by atoms with van der Waals surface area (Å²) in [6.45, 7) is 6.23. The van der Waals surface area contributed by atoms with Crippen LogP contribution >= 0.6 is 11.6 Å². The Morgan fingerprint density at radius 1 is 1.17 bits per heavy atom. The van der Waals surface area contributed by atoms with Crippen LogP contribution in [-0.2, 0) is 16.1 Å². The zero-order valence-electron chi connectivity index (χ0n) is 17.2. The molecule has 2 N–H and O–H groups in total. The maximum absolute atomic E-state index is 12.7. The molecular formula is C23H25ClN2O4. The van der Waals surface area contributed by atoms with Crippen LogP contribution in [0.2, 0.25) is 5.02 Å². The second kappa shape index (κ2) is 9.67. The second-order valence-corrected chi connectivity index (χ2v) is 7.92. The van der Waals surface area contributed by atoms with Crippen molar-refractivity contribution in [3.05, 3.63) is 76.0 Å². The number of benzene rings is 2. The van der Waals surface area contributed by atoms with Gasteiger partial charge in [-0.25, -0.2) is 9.59 Å². The molecular weight excluding hydrogens is 404 g/mol. The van der Waals surface area contributed by atoms with Crippen LogP contribution in [0.1, 0.15) is 37.9 Å². The minimum atomic E-state index is -0.637. The highest BCUT2D eigenvalue weighted by Gasteiger charge is 2.32. The quantitative estimate of drug-likeness (QED) is 0.624. The van der Waals surface area contributed by atoms with Gasteiger partial charge in [0.2, 0.25) is 0 Å². The number of allylic oxidation sites excluding steroid dienone is 1. The summed E-state index contributed by atoms with van der Waals surface area (Å²) in [5, 5.41) is 6.09. The molecule has 0 spiro atoms. The highest BCUT2D eigenvalue weighted by molar-refractivity contribution is 6.31. The predicted octanol–water partition coefficient (Wildman–Crippen LogP) is 4.75. The average molecular weight is 429 g/mol. The minimum Gasteiger partial charge on any atom is -0.489 e. The molecule has 158 valence electrons. The molecule has 0 fully saturated rings. The lowest BCUT2D eigenvalue weighted by molar-refractivity contribution is -0.140. The van der Waals surface area contributed by atoms with Crippen LogP contribution in [0.15, 0.2) is 59.8 Å². The van der Waals surface area contributed by atoms with E-state index >= 15 is 0 Å². The second-order valence-electron chi connectivity index (χ2n) is 7.52. The van der Waals surface area contributed by atoms with Gasteiger partial charge in [-0.1, -0.05) is 55.8 Å². The summed E-state index contributed by atoms with van der Waals surface area (Å²) in [6, 6.07) is 13.7. The highest BCUT2D eigenvalue weighted by Crippen LogP contribution is 2.30. The van der Waals surface area contributed by atoms with Crippen molar-refractivity contribution >= 4 is 23.6 Å². The lowest BCUT2D eigenvalue weighted by Crippen LogP contribution is -2.45. The number of hydrogen-bond acceptors (Lipinski definition) is 4. The predicted molar refractivity (Wildman–Crippen MR) is 115 cm³/mol. The molecule has 30 heavy (non-hydrogen) atoms. The molecule has 0 bridgehead atoms. The van der Waals surface area contributed by atoms with Gasteiger partial charge in [-0.2, -0.15) is 0 Å². The summed E-state index contributed by atoms with van der Waals surface area (Å²) >= 11 is 6.19. The summed E-state index contributed by atoms with van der Waals surface area (Å²) in [4.78, 5) is 24.8. The van der Waals surface area contributed by atoms with E-state index < -0.39 is 12.0 Å². The van der Waals surface area contributed by atoms with Crippen LogP contribution in [0.4, 0.5) is 4.79 Å². The van der Waals surface area contributed by atoms with Gasteiger partial charge in [0.05, 0.1) is 18.2 Å². The number of ether oxygens (including phenoxy) is 2. The standard InChI is InChI=1S/C23H25ClN2O4/c1-14(2)12-30-22(27)20-15(3)25-23(28)26-21(20)16-8-6-9-18(11-16)29-13-17-7-4-5-10-19(17)24/h4-11,14,21H,12-13H2,1-3H3,(H2,25,26,28). The number of rotatable bonds is 7. The normalized spacial score (nSPS) is 16.2. The van der Waals surface area contributed by atoms with Crippen molar-refractivity contribution in [2.75, 3.05) is 6.61 Å². The van der Waals surface area contributed by atoms with Gasteiger partial charge in [0.25, 0.3) is 0 Å². The summed E-state index contributed by atoms with van der Waals surface area (Å²) in [5.74, 6) is 0.356. The van der Waals surface area contributed by atoms with Gasteiger partial charge in [-0.15, -0.1) is 0 Å². The molecule has 0 saturated carbocycles. The molecule has 0 aromatic heterocycles. The average Bonchev–Trinajstić information content (AvgIpc) is 2.71. The summed E-state index contributed by atoms with van der Waals surface area (Å²) in [6.07, 6.45) is 0. The smallest absolute Gasteiger partial charge is 0.338 e. The van der Waals surface area contributed by atoms with Gasteiger partial charge in [0.1, 0.15) is 12.4 Å². The van der Waals surface area contributed by atoms with E-state index in [2.05, 4.69) is 10.6 Å². The fourth-order valence-corrected chi connectivity index (χ4v) is 3.29. The Kier molecular flexibility index (Phi) is 7.00. The van der Waals surface area contributed by atoms with Crippen LogP contribution in [0.25, 0.3) is 0 Å².